The SMILES string of the molecule is CC(C)NS(=O)(=O)NCc1sccc1C#CCO. The summed E-state index contributed by atoms with van der Waals surface area (Å²) in [6, 6.07) is 1.65. The highest BCUT2D eigenvalue weighted by Gasteiger charge is 2.12. The van der Waals surface area contributed by atoms with Crippen molar-refractivity contribution < 1.29 is 13.5 Å². The second-order valence-corrected chi connectivity index (χ2v) is 6.35. The molecule has 0 saturated heterocycles. The Hall–Kier alpha value is -0.910. The Morgan fingerprint density at radius 1 is 1.50 bits per heavy atom. The van der Waals surface area contributed by atoms with Crippen LogP contribution < -0.4 is 9.44 Å². The Morgan fingerprint density at radius 3 is 2.83 bits per heavy atom. The van der Waals surface area contributed by atoms with E-state index >= 15 is 0 Å². The van der Waals surface area contributed by atoms with Crippen LogP contribution in [0.2, 0.25) is 0 Å². The number of nitrogens with one attached hydrogen (secondary N) is 2. The lowest BCUT2D eigenvalue weighted by Crippen LogP contribution is -2.39. The van der Waals surface area contributed by atoms with Crippen molar-refractivity contribution in [1.82, 2.24) is 9.44 Å². The molecule has 1 heterocycles. The van der Waals surface area contributed by atoms with E-state index in [0.717, 1.165) is 10.4 Å². The third-order valence-electron chi connectivity index (χ3n) is 1.86. The van der Waals surface area contributed by atoms with Gasteiger partial charge in [-0.3, -0.25) is 0 Å². The molecule has 0 aromatic carbocycles. The molecule has 0 aliphatic rings. The van der Waals surface area contributed by atoms with Crippen LogP contribution in [0.5, 0.6) is 0 Å². The summed E-state index contributed by atoms with van der Waals surface area (Å²) in [5.41, 5.74) is 0.737. The smallest absolute Gasteiger partial charge is 0.277 e. The number of hydrogen-bond donors (Lipinski definition) is 3. The number of rotatable bonds is 5. The van der Waals surface area contributed by atoms with Crippen LogP contribution in [0.3, 0.4) is 0 Å². The zero-order chi connectivity index (χ0) is 13.6. The minimum Gasteiger partial charge on any atom is -0.384 e. The van der Waals surface area contributed by atoms with Crippen molar-refractivity contribution in [2.75, 3.05) is 6.61 Å². The predicted molar refractivity (Wildman–Crippen MR) is 72.3 cm³/mol. The van der Waals surface area contributed by atoms with Gasteiger partial charge in [0, 0.05) is 23.0 Å². The molecular formula is C11H16N2O3S2. The molecule has 0 fully saturated rings. The summed E-state index contributed by atoms with van der Waals surface area (Å²) in [5.74, 6) is 5.31. The highest BCUT2D eigenvalue weighted by molar-refractivity contribution is 7.87. The molecule has 0 atom stereocenters. The van der Waals surface area contributed by atoms with E-state index in [1.165, 1.54) is 11.3 Å². The maximum absolute atomic E-state index is 11.6. The minimum atomic E-state index is -3.49. The van der Waals surface area contributed by atoms with Crippen LogP contribution in [0.1, 0.15) is 24.3 Å². The molecule has 5 nitrogen and oxygen atoms in total. The summed E-state index contributed by atoms with van der Waals surface area (Å²) in [4.78, 5) is 0.824. The summed E-state index contributed by atoms with van der Waals surface area (Å²) in [7, 11) is -3.49. The van der Waals surface area contributed by atoms with Gasteiger partial charge in [-0.2, -0.15) is 17.9 Å². The van der Waals surface area contributed by atoms with E-state index in [-0.39, 0.29) is 19.2 Å². The number of aliphatic hydroxyl groups excluding tert-OH is 1. The summed E-state index contributed by atoms with van der Waals surface area (Å²) >= 11 is 1.42. The van der Waals surface area contributed by atoms with Gasteiger partial charge >= 0.3 is 0 Å². The molecule has 0 radical (unpaired) electrons. The first-order valence-corrected chi connectivity index (χ1v) is 7.74. The number of aliphatic hydroxyl groups is 1. The van der Waals surface area contributed by atoms with Gasteiger partial charge in [0.2, 0.25) is 0 Å². The lowest BCUT2D eigenvalue weighted by atomic mass is 10.2. The van der Waals surface area contributed by atoms with E-state index in [1.54, 1.807) is 19.9 Å². The second kappa shape index (κ2) is 6.87. The first-order valence-electron chi connectivity index (χ1n) is 5.37. The maximum atomic E-state index is 11.6. The number of thiophene rings is 1. The Balaban J connectivity index is 2.67. The molecule has 0 saturated carbocycles. The Kier molecular flexibility index (Phi) is 5.78. The summed E-state index contributed by atoms with van der Waals surface area (Å²) in [6.45, 7) is 3.48. The van der Waals surface area contributed by atoms with Crippen LogP contribution in [0.25, 0.3) is 0 Å². The molecule has 0 amide bonds. The molecular weight excluding hydrogens is 272 g/mol. The van der Waals surface area contributed by atoms with Gasteiger partial charge in [-0.15, -0.1) is 11.3 Å². The third-order valence-corrected chi connectivity index (χ3v) is 4.09. The standard InChI is InChI=1S/C11H16N2O3S2/c1-9(2)13-18(15,16)12-8-11-10(4-3-6-14)5-7-17-11/h5,7,9,12-14H,6,8H2,1-2H3. The van der Waals surface area contributed by atoms with Crippen LogP contribution >= 0.6 is 11.3 Å². The monoisotopic (exact) mass is 288 g/mol. The van der Waals surface area contributed by atoms with Gasteiger partial charge in [-0.05, 0) is 25.3 Å². The maximum Gasteiger partial charge on any atom is 0.277 e. The lowest BCUT2D eigenvalue weighted by Gasteiger charge is -2.10. The van der Waals surface area contributed by atoms with E-state index in [2.05, 4.69) is 21.3 Å². The normalized spacial score (nSPS) is 11.3. The number of hydrogen-bond acceptors (Lipinski definition) is 4. The Bertz CT molecular complexity index is 538. The van der Waals surface area contributed by atoms with Gasteiger partial charge in [0.25, 0.3) is 10.2 Å². The van der Waals surface area contributed by atoms with Crippen LogP contribution in [0, 0.1) is 11.8 Å². The van der Waals surface area contributed by atoms with Crippen molar-refractivity contribution >= 4 is 21.5 Å². The molecule has 0 unspecified atom stereocenters. The van der Waals surface area contributed by atoms with Crippen LogP contribution in [0.4, 0.5) is 0 Å². The third kappa shape index (κ3) is 5.16. The summed E-state index contributed by atoms with van der Waals surface area (Å²) < 4.78 is 28.0. The topological polar surface area (TPSA) is 78.4 Å². The Labute approximate surface area is 111 Å². The van der Waals surface area contributed by atoms with Crippen molar-refractivity contribution in [3.63, 3.8) is 0 Å². The Morgan fingerprint density at radius 2 is 2.22 bits per heavy atom. The van der Waals surface area contributed by atoms with Gasteiger partial charge in [0.15, 0.2) is 0 Å². The highest BCUT2D eigenvalue weighted by atomic mass is 32.2. The summed E-state index contributed by atoms with van der Waals surface area (Å²) in [5, 5.41) is 10.5. The van der Waals surface area contributed by atoms with Gasteiger partial charge in [0.1, 0.15) is 6.61 Å². The second-order valence-electron chi connectivity index (χ2n) is 3.81. The molecule has 1 aromatic rings. The first-order chi connectivity index (χ1) is 8.44. The van der Waals surface area contributed by atoms with Crippen molar-refractivity contribution in [2.45, 2.75) is 26.4 Å². The van der Waals surface area contributed by atoms with E-state index < -0.39 is 10.2 Å². The highest BCUT2D eigenvalue weighted by Crippen LogP contribution is 2.15. The first kappa shape index (κ1) is 15.1. The van der Waals surface area contributed by atoms with E-state index in [9.17, 15) is 8.42 Å². The average molecular weight is 288 g/mol. The van der Waals surface area contributed by atoms with Crippen molar-refractivity contribution in [1.29, 1.82) is 0 Å². The molecule has 0 aliphatic carbocycles. The quantitative estimate of drug-likeness (QED) is 0.687. The largest absolute Gasteiger partial charge is 0.384 e. The summed E-state index contributed by atoms with van der Waals surface area (Å²) in [6.07, 6.45) is 0. The average Bonchev–Trinajstić information content (AvgIpc) is 2.69. The van der Waals surface area contributed by atoms with Gasteiger partial charge in [-0.1, -0.05) is 11.8 Å². The van der Waals surface area contributed by atoms with Crippen LogP contribution in [-0.2, 0) is 16.8 Å². The van der Waals surface area contributed by atoms with E-state index in [1.807, 2.05) is 5.38 Å². The van der Waals surface area contributed by atoms with Crippen LogP contribution in [-0.4, -0.2) is 26.2 Å². The molecule has 0 bridgehead atoms. The zero-order valence-corrected chi connectivity index (χ0v) is 11.9. The van der Waals surface area contributed by atoms with Gasteiger partial charge < -0.3 is 5.11 Å². The minimum absolute atomic E-state index is 0.153. The van der Waals surface area contributed by atoms with Crippen molar-refractivity contribution in [3.05, 3.63) is 21.9 Å². The molecule has 1 rings (SSSR count). The van der Waals surface area contributed by atoms with E-state index in [4.69, 9.17) is 5.11 Å². The molecule has 3 N–H and O–H groups in total. The molecule has 1 aromatic heterocycles. The fourth-order valence-corrected chi connectivity index (χ4v) is 3.14. The van der Waals surface area contributed by atoms with Crippen LogP contribution in [0.15, 0.2) is 11.4 Å². The zero-order valence-electron chi connectivity index (χ0n) is 10.2. The van der Waals surface area contributed by atoms with Gasteiger partial charge in [0.05, 0.1) is 0 Å². The lowest BCUT2D eigenvalue weighted by molar-refractivity contribution is 0.350. The fraction of sp³-hybridized carbons (Fsp3) is 0.455. The fourth-order valence-electron chi connectivity index (χ4n) is 1.24. The van der Waals surface area contributed by atoms with Crippen molar-refractivity contribution in [2.24, 2.45) is 0 Å². The van der Waals surface area contributed by atoms with Gasteiger partial charge in [-0.25, -0.2) is 0 Å². The predicted octanol–water partition coefficient (Wildman–Crippen LogP) is 0.424. The van der Waals surface area contributed by atoms with E-state index in [0.29, 0.717) is 0 Å². The molecule has 18 heavy (non-hydrogen) atoms. The molecule has 0 aliphatic heterocycles. The molecule has 7 heteroatoms. The molecule has 100 valence electrons. The molecule has 0 spiro atoms. The van der Waals surface area contributed by atoms with Crippen molar-refractivity contribution in [3.8, 4) is 11.8 Å².